The van der Waals surface area contributed by atoms with Gasteiger partial charge in [0.1, 0.15) is 5.82 Å². The van der Waals surface area contributed by atoms with E-state index in [-0.39, 0.29) is 11.7 Å². The fourth-order valence-corrected chi connectivity index (χ4v) is 2.29. The Morgan fingerprint density at radius 1 is 0.963 bits per heavy atom. The quantitative estimate of drug-likeness (QED) is 0.532. The Balaban J connectivity index is 1.68. The smallest absolute Gasteiger partial charge is 0.291 e. The number of benzene rings is 2. The van der Waals surface area contributed by atoms with Crippen molar-refractivity contribution in [2.24, 2.45) is 5.10 Å². The molecule has 2 N–H and O–H groups in total. The SMILES string of the molecule is CC(=NNC(=O)c1ccc(F)cc1)c1cccc(NC(=O)c2ccco2)c1. The van der Waals surface area contributed by atoms with Crippen LogP contribution in [0.25, 0.3) is 0 Å². The second-order valence-corrected chi connectivity index (χ2v) is 5.66. The lowest BCUT2D eigenvalue weighted by Gasteiger charge is -2.07. The van der Waals surface area contributed by atoms with Crippen molar-refractivity contribution in [1.82, 2.24) is 5.43 Å². The number of rotatable bonds is 5. The molecule has 136 valence electrons. The van der Waals surface area contributed by atoms with E-state index >= 15 is 0 Å². The third kappa shape index (κ3) is 4.66. The van der Waals surface area contributed by atoms with Crippen LogP contribution in [0.15, 0.2) is 76.4 Å². The molecule has 0 aliphatic heterocycles. The molecular weight excluding hydrogens is 349 g/mol. The average Bonchev–Trinajstić information content (AvgIpc) is 3.21. The molecular formula is C20H16FN3O3. The second-order valence-electron chi connectivity index (χ2n) is 5.66. The van der Waals surface area contributed by atoms with Crippen LogP contribution in [0.5, 0.6) is 0 Å². The molecule has 0 aliphatic carbocycles. The summed E-state index contributed by atoms with van der Waals surface area (Å²) in [6.07, 6.45) is 1.42. The van der Waals surface area contributed by atoms with Crippen LogP contribution in [0.4, 0.5) is 10.1 Å². The van der Waals surface area contributed by atoms with Gasteiger partial charge in [0, 0.05) is 11.3 Å². The Morgan fingerprint density at radius 2 is 1.74 bits per heavy atom. The number of carbonyl (C=O) groups is 2. The molecule has 1 heterocycles. The van der Waals surface area contributed by atoms with E-state index in [2.05, 4.69) is 15.8 Å². The second kappa shape index (κ2) is 8.09. The van der Waals surface area contributed by atoms with Crippen LogP contribution in [0, 0.1) is 5.82 Å². The number of anilines is 1. The van der Waals surface area contributed by atoms with E-state index in [0.29, 0.717) is 22.5 Å². The van der Waals surface area contributed by atoms with Gasteiger partial charge in [0.2, 0.25) is 0 Å². The zero-order valence-electron chi connectivity index (χ0n) is 14.4. The largest absolute Gasteiger partial charge is 0.459 e. The summed E-state index contributed by atoms with van der Waals surface area (Å²) in [5, 5.41) is 6.78. The molecule has 0 spiro atoms. The van der Waals surface area contributed by atoms with Crippen molar-refractivity contribution >= 4 is 23.2 Å². The van der Waals surface area contributed by atoms with Gasteiger partial charge in [0.25, 0.3) is 11.8 Å². The Labute approximate surface area is 154 Å². The van der Waals surface area contributed by atoms with Gasteiger partial charge >= 0.3 is 0 Å². The van der Waals surface area contributed by atoms with E-state index in [1.54, 1.807) is 43.3 Å². The van der Waals surface area contributed by atoms with Crippen LogP contribution >= 0.6 is 0 Å². The third-order valence-corrected chi connectivity index (χ3v) is 3.71. The Bertz CT molecular complexity index is 980. The summed E-state index contributed by atoms with van der Waals surface area (Å²) < 4.78 is 18.0. The van der Waals surface area contributed by atoms with Gasteiger partial charge in [-0.05, 0) is 61.0 Å². The molecule has 0 aliphatic rings. The molecule has 2 amide bonds. The number of amides is 2. The highest BCUT2D eigenvalue weighted by atomic mass is 19.1. The number of furan rings is 1. The van der Waals surface area contributed by atoms with Crippen molar-refractivity contribution in [3.8, 4) is 0 Å². The van der Waals surface area contributed by atoms with Crippen LogP contribution in [0.2, 0.25) is 0 Å². The average molecular weight is 365 g/mol. The van der Waals surface area contributed by atoms with E-state index in [1.807, 2.05) is 0 Å². The Morgan fingerprint density at radius 3 is 2.44 bits per heavy atom. The maximum absolute atomic E-state index is 12.9. The van der Waals surface area contributed by atoms with Crippen LogP contribution < -0.4 is 10.7 Å². The van der Waals surface area contributed by atoms with E-state index in [9.17, 15) is 14.0 Å². The summed E-state index contributed by atoms with van der Waals surface area (Å²) >= 11 is 0. The molecule has 0 saturated heterocycles. The van der Waals surface area contributed by atoms with Gasteiger partial charge in [-0.2, -0.15) is 5.10 Å². The Kier molecular flexibility index (Phi) is 5.41. The van der Waals surface area contributed by atoms with Crippen molar-refractivity contribution in [2.75, 3.05) is 5.32 Å². The van der Waals surface area contributed by atoms with Crippen LogP contribution in [0.3, 0.4) is 0 Å². The first kappa shape index (κ1) is 18.1. The lowest BCUT2D eigenvalue weighted by Crippen LogP contribution is -2.19. The summed E-state index contributed by atoms with van der Waals surface area (Å²) in [6, 6.07) is 15.4. The molecule has 7 heteroatoms. The van der Waals surface area contributed by atoms with Crippen molar-refractivity contribution < 1.29 is 18.4 Å². The van der Waals surface area contributed by atoms with Crippen molar-refractivity contribution in [2.45, 2.75) is 6.92 Å². The first-order valence-corrected chi connectivity index (χ1v) is 8.08. The van der Waals surface area contributed by atoms with Crippen LogP contribution in [-0.2, 0) is 0 Å². The maximum atomic E-state index is 12.9. The van der Waals surface area contributed by atoms with Gasteiger partial charge in [-0.15, -0.1) is 0 Å². The maximum Gasteiger partial charge on any atom is 0.291 e. The minimum Gasteiger partial charge on any atom is -0.459 e. The van der Waals surface area contributed by atoms with Crippen LogP contribution in [-0.4, -0.2) is 17.5 Å². The van der Waals surface area contributed by atoms with Gasteiger partial charge in [-0.3, -0.25) is 9.59 Å². The standard InChI is InChI=1S/C20H16FN3O3/c1-13(23-24-19(25)14-7-9-16(21)10-8-14)15-4-2-5-17(12-15)22-20(26)18-6-3-11-27-18/h2-12H,1H3,(H,22,26)(H,24,25). The zero-order chi connectivity index (χ0) is 19.2. The fraction of sp³-hybridized carbons (Fsp3) is 0.0500. The van der Waals surface area contributed by atoms with Gasteiger partial charge in [-0.1, -0.05) is 12.1 Å². The van der Waals surface area contributed by atoms with Gasteiger partial charge in [0.05, 0.1) is 12.0 Å². The van der Waals surface area contributed by atoms with E-state index in [4.69, 9.17) is 4.42 Å². The molecule has 6 nitrogen and oxygen atoms in total. The van der Waals surface area contributed by atoms with Gasteiger partial charge in [0.15, 0.2) is 5.76 Å². The minimum absolute atomic E-state index is 0.206. The topological polar surface area (TPSA) is 83.7 Å². The molecule has 1 aromatic heterocycles. The normalized spacial score (nSPS) is 11.1. The summed E-state index contributed by atoms with van der Waals surface area (Å²) in [6.45, 7) is 1.72. The predicted molar refractivity (Wildman–Crippen MR) is 99.2 cm³/mol. The molecule has 0 saturated carbocycles. The zero-order valence-corrected chi connectivity index (χ0v) is 14.4. The third-order valence-electron chi connectivity index (χ3n) is 3.71. The molecule has 2 aromatic carbocycles. The molecule has 3 rings (SSSR count). The summed E-state index contributed by atoms with van der Waals surface area (Å²) in [7, 11) is 0. The van der Waals surface area contributed by atoms with Gasteiger partial charge < -0.3 is 9.73 Å². The molecule has 0 bridgehead atoms. The summed E-state index contributed by atoms with van der Waals surface area (Å²) in [4.78, 5) is 24.1. The number of hydrogen-bond acceptors (Lipinski definition) is 4. The monoisotopic (exact) mass is 365 g/mol. The lowest BCUT2D eigenvalue weighted by atomic mass is 10.1. The molecule has 0 radical (unpaired) electrons. The first-order valence-electron chi connectivity index (χ1n) is 8.08. The number of halogens is 1. The number of hydrazone groups is 1. The highest BCUT2D eigenvalue weighted by Crippen LogP contribution is 2.13. The first-order chi connectivity index (χ1) is 13.0. The summed E-state index contributed by atoms with van der Waals surface area (Å²) in [5.41, 5.74) is 4.54. The molecule has 0 unspecified atom stereocenters. The number of nitrogens with zero attached hydrogens (tertiary/aromatic N) is 1. The van der Waals surface area contributed by atoms with Crippen molar-refractivity contribution in [3.63, 3.8) is 0 Å². The molecule has 0 fully saturated rings. The Hall–Kier alpha value is -3.74. The van der Waals surface area contributed by atoms with E-state index in [1.165, 1.54) is 30.5 Å². The van der Waals surface area contributed by atoms with Gasteiger partial charge in [-0.25, -0.2) is 9.82 Å². The van der Waals surface area contributed by atoms with E-state index < -0.39 is 11.7 Å². The number of nitrogens with one attached hydrogen (secondary N) is 2. The van der Waals surface area contributed by atoms with Crippen LogP contribution in [0.1, 0.15) is 33.4 Å². The van der Waals surface area contributed by atoms with E-state index in [0.717, 1.165) is 0 Å². The lowest BCUT2D eigenvalue weighted by molar-refractivity contribution is 0.0953. The predicted octanol–water partition coefficient (Wildman–Crippen LogP) is 3.83. The number of carbonyl (C=O) groups excluding carboxylic acids is 2. The van der Waals surface area contributed by atoms with Crippen molar-refractivity contribution in [3.05, 3.63) is 89.6 Å². The number of hydrogen-bond donors (Lipinski definition) is 2. The molecule has 3 aromatic rings. The molecule has 27 heavy (non-hydrogen) atoms. The fourth-order valence-electron chi connectivity index (χ4n) is 2.29. The van der Waals surface area contributed by atoms with Crippen molar-refractivity contribution in [1.29, 1.82) is 0 Å². The summed E-state index contributed by atoms with van der Waals surface area (Å²) in [5.74, 6) is -1.02. The molecule has 0 atom stereocenters. The highest BCUT2D eigenvalue weighted by molar-refractivity contribution is 6.04. The highest BCUT2D eigenvalue weighted by Gasteiger charge is 2.10. The minimum atomic E-state index is -0.448.